The average molecular weight is 358 g/mol. The van der Waals surface area contributed by atoms with E-state index in [9.17, 15) is 0 Å². The summed E-state index contributed by atoms with van der Waals surface area (Å²) in [6.45, 7) is 0. The van der Waals surface area contributed by atoms with E-state index in [4.69, 9.17) is 20.2 Å². The van der Waals surface area contributed by atoms with E-state index < -0.39 is 0 Å². The maximum atomic E-state index is 6.63. The van der Waals surface area contributed by atoms with Gasteiger partial charge in [0.15, 0.2) is 17.0 Å². The summed E-state index contributed by atoms with van der Waals surface area (Å²) in [7, 11) is 3.27. The van der Waals surface area contributed by atoms with Gasteiger partial charge in [0.1, 0.15) is 5.75 Å². The second-order valence-corrected chi connectivity index (χ2v) is 6.08. The van der Waals surface area contributed by atoms with Gasteiger partial charge in [-0.15, -0.1) is 4.98 Å². The van der Waals surface area contributed by atoms with Crippen molar-refractivity contribution in [2.45, 2.75) is 0 Å². The molecule has 0 saturated carbocycles. The Morgan fingerprint density at radius 1 is 0.852 bits per heavy atom. The lowest BCUT2D eigenvalue weighted by atomic mass is 10.1. The zero-order chi connectivity index (χ0) is 18.8. The van der Waals surface area contributed by atoms with Gasteiger partial charge in [-0.2, -0.15) is 4.57 Å². The van der Waals surface area contributed by atoms with Crippen molar-refractivity contribution >= 4 is 16.7 Å². The largest absolute Gasteiger partial charge is 0.497 e. The highest BCUT2D eigenvalue weighted by Crippen LogP contribution is 2.29. The van der Waals surface area contributed by atoms with Gasteiger partial charge in [0, 0.05) is 6.07 Å². The van der Waals surface area contributed by atoms with Gasteiger partial charge in [-0.25, -0.2) is 0 Å². The van der Waals surface area contributed by atoms with Crippen molar-refractivity contribution in [3.8, 4) is 28.6 Å². The molecule has 0 amide bonds. The van der Waals surface area contributed by atoms with Gasteiger partial charge in [0.25, 0.3) is 5.82 Å². The number of aromatic nitrogens is 2. The van der Waals surface area contributed by atoms with Crippen molar-refractivity contribution in [2.75, 3.05) is 20.0 Å². The summed E-state index contributed by atoms with van der Waals surface area (Å²) in [4.78, 5) is 4.90. The minimum atomic E-state index is 0.589. The van der Waals surface area contributed by atoms with Gasteiger partial charge in [0.05, 0.1) is 25.2 Å². The van der Waals surface area contributed by atoms with Crippen molar-refractivity contribution < 1.29 is 14.0 Å². The Kier molecular flexibility index (Phi) is 4.34. The first-order chi connectivity index (χ1) is 13.2. The van der Waals surface area contributed by atoms with Crippen LogP contribution in [0.3, 0.4) is 0 Å². The van der Waals surface area contributed by atoms with Crippen LogP contribution in [0, 0.1) is 0 Å². The molecule has 27 heavy (non-hydrogen) atoms. The van der Waals surface area contributed by atoms with Gasteiger partial charge in [-0.05, 0) is 36.4 Å². The summed E-state index contributed by atoms with van der Waals surface area (Å²) in [5, 5.41) is 0.877. The first-order valence-electron chi connectivity index (χ1n) is 8.61. The third-order valence-electron chi connectivity index (χ3n) is 4.52. The number of fused-ring (bicyclic) bond motifs is 1. The summed E-state index contributed by atoms with van der Waals surface area (Å²) in [6.07, 6.45) is 0. The van der Waals surface area contributed by atoms with E-state index in [1.807, 2.05) is 77.4 Å². The minimum Gasteiger partial charge on any atom is -0.497 e. The van der Waals surface area contributed by atoms with E-state index in [1.54, 1.807) is 14.2 Å². The Balaban J connectivity index is 2.12. The second kappa shape index (κ2) is 6.96. The van der Waals surface area contributed by atoms with Gasteiger partial charge < -0.3 is 15.2 Å². The number of para-hydroxylation sites is 1. The Morgan fingerprint density at radius 2 is 1.59 bits per heavy atom. The highest BCUT2D eigenvalue weighted by Gasteiger charge is 2.24. The summed E-state index contributed by atoms with van der Waals surface area (Å²) in [5.41, 5.74) is 9.20. The van der Waals surface area contributed by atoms with Gasteiger partial charge >= 0.3 is 0 Å². The fraction of sp³-hybridized carbons (Fsp3) is 0.0909. The predicted octanol–water partition coefficient (Wildman–Crippen LogP) is 3.78. The summed E-state index contributed by atoms with van der Waals surface area (Å²) >= 11 is 0. The van der Waals surface area contributed by atoms with E-state index in [-0.39, 0.29) is 0 Å². The van der Waals surface area contributed by atoms with Crippen molar-refractivity contribution in [3.63, 3.8) is 0 Å². The highest BCUT2D eigenvalue weighted by molar-refractivity contribution is 5.87. The lowest BCUT2D eigenvalue weighted by molar-refractivity contribution is -0.570. The van der Waals surface area contributed by atoms with Crippen molar-refractivity contribution in [1.29, 1.82) is 0 Å². The number of hydrogen-bond donors (Lipinski definition) is 1. The maximum absolute atomic E-state index is 6.63. The number of methoxy groups -OCH3 is 2. The zero-order valence-electron chi connectivity index (χ0n) is 15.2. The van der Waals surface area contributed by atoms with Crippen LogP contribution in [0.25, 0.3) is 28.0 Å². The lowest BCUT2D eigenvalue weighted by Gasteiger charge is -2.14. The summed E-state index contributed by atoms with van der Waals surface area (Å²) < 4.78 is 12.9. The molecular weight excluding hydrogens is 338 g/mol. The van der Waals surface area contributed by atoms with Crippen molar-refractivity contribution in [3.05, 3.63) is 72.8 Å². The van der Waals surface area contributed by atoms with E-state index in [0.29, 0.717) is 17.3 Å². The zero-order valence-corrected chi connectivity index (χ0v) is 15.2. The molecule has 0 fully saturated rings. The Bertz CT molecular complexity index is 1110. The van der Waals surface area contributed by atoms with Crippen LogP contribution in [0.2, 0.25) is 0 Å². The quantitative estimate of drug-likeness (QED) is 0.564. The molecule has 1 aromatic heterocycles. The molecule has 0 aliphatic heterocycles. The van der Waals surface area contributed by atoms with Crippen LogP contribution in [0.1, 0.15) is 0 Å². The molecule has 5 nitrogen and oxygen atoms in total. The summed E-state index contributed by atoms with van der Waals surface area (Å²) in [5.74, 6) is 2.72. The van der Waals surface area contributed by atoms with E-state index in [2.05, 4.69) is 0 Å². The molecule has 0 spiro atoms. The van der Waals surface area contributed by atoms with Crippen molar-refractivity contribution in [2.24, 2.45) is 0 Å². The number of nitrogen functional groups attached to an aromatic ring is 1. The molecule has 134 valence electrons. The standard InChI is InChI=1S/C22H19N3O2/c1-26-16-12-13-20(27-2)19(14-16)25-21(23)17-10-6-7-11-18(17)24-22(25)15-8-4-3-5-9-15/h3-14,23H,1-2H3/p+1. The lowest BCUT2D eigenvalue weighted by Crippen LogP contribution is -2.38. The van der Waals surface area contributed by atoms with Crippen LogP contribution < -0.4 is 19.8 Å². The number of ether oxygens (including phenoxy) is 2. The molecule has 0 aliphatic rings. The Morgan fingerprint density at radius 3 is 2.33 bits per heavy atom. The van der Waals surface area contributed by atoms with Crippen LogP contribution in [-0.4, -0.2) is 19.2 Å². The SMILES string of the molecule is COc1ccc(OC)c(-[n+]2c(-c3ccccc3)nc3ccccc3c2N)c1. The number of benzene rings is 3. The minimum absolute atomic E-state index is 0.589. The van der Waals surface area contributed by atoms with Crippen LogP contribution in [0.15, 0.2) is 72.8 Å². The van der Waals surface area contributed by atoms with Crippen LogP contribution in [-0.2, 0) is 0 Å². The first-order valence-corrected chi connectivity index (χ1v) is 8.61. The van der Waals surface area contributed by atoms with E-state index in [1.165, 1.54) is 0 Å². The second-order valence-electron chi connectivity index (χ2n) is 6.08. The third kappa shape index (κ3) is 2.93. The van der Waals surface area contributed by atoms with Gasteiger partial charge in [-0.3, -0.25) is 0 Å². The molecule has 0 unspecified atom stereocenters. The highest BCUT2D eigenvalue weighted by atomic mass is 16.5. The Labute approximate surface area is 157 Å². The average Bonchev–Trinajstić information content (AvgIpc) is 2.74. The van der Waals surface area contributed by atoms with Gasteiger partial charge in [0.2, 0.25) is 5.82 Å². The molecule has 1 heterocycles. The normalized spacial score (nSPS) is 10.7. The van der Waals surface area contributed by atoms with Crippen LogP contribution >= 0.6 is 0 Å². The molecule has 0 radical (unpaired) electrons. The molecule has 4 rings (SSSR count). The van der Waals surface area contributed by atoms with Crippen LogP contribution in [0.5, 0.6) is 11.5 Å². The summed E-state index contributed by atoms with van der Waals surface area (Å²) in [6, 6.07) is 23.4. The molecule has 4 aromatic rings. The number of nitrogens with zero attached hydrogens (tertiary/aromatic N) is 2. The predicted molar refractivity (Wildman–Crippen MR) is 106 cm³/mol. The molecule has 0 atom stereocenters. The maximum Gasteiger partial charge on any atom is 0.275 e. The topological polar surface area (TPSA) is 61.2 Å². The molecule has 5 heteroatoms. The first kappa shape index (κ1) is 16.8. The number of nitrogens with two attached hydrogens (primary N) is 1. The fourth-order valence-electron chi connectivity index (χ4n) is 3.18. The molecular formula is C22H20N3O2+. The molecule has 2 N–H and O–H groups in total. The molecule has 0 bridgehead atoms. The third-order valence-corrected chi connectivity index (χ3v) is 4.52. The number of rotatable bonds is 4. The Hall–Kier alpha value is -3.60. The fourth-order valence-corrected chi connectivity index (χ4v) is 3.18. The monoisotopic (exact) mass is 358 g/mol. The van der Waals surface area contributed by atoms with Crippen LogP contribution in [0.4, 0.5) is 5.82 Å². The van der Waals surface area contributed by atoms with E-state index >= 15 is 0 Å². The molecule has 0 saturated heterocycles. The number of hydrogen-bond acceptors (Lipinski definition) is 4. The molecule has 3 aromatic carbocycles. The van der Waals surface area contributed by atoms with Crippen molar-refractivity contribution in [1.82, 2.24) is 4.98 Å². The number of anilines is 1. The smallest absolute Gasteiger partial charge is 0.275 e. The van der Waals surface area contributed by atoms with Gasteiger partial charge in [-0.1, -0.05) is 30.3 Å². The molecule has 0 aliphatic carbocycles. The van der Waals surface area contributed by atoms with E-state index in [0.717, 1.165) is 28.0 Å².